The van der Waals surface area contributed by atoms with Gasteiger partial charge in [0.25, 0.3) is 0 Å². The van der Waals surface area contributed by atoms with Gasteiger partial charge in [-0.1, -0.05) is 0 Å². The molecule has 0 saturated carbocycles. The van der Waals surface area contributed by atoms with E-state index in [1.54, 1.807) is 0 Å². The number of carbonyl (C=O) groups is 1. The molecular formula is C19H32N2O3. The van der Waals surface area contributed by atoms with Crippen LogP contribution < -0.4 is 0 Å². The van der Waals surface area contributed by atoms with Crippen molar-refractivity contribution in [1.82, 2.24) is 9.88 Å². The predicted octanol–water partition coefficient (Wildman–Crippen LogP) is 4.66. The van der Waals surface area contributed by atoms with E-state index >= 15 is 0 Å². The first-order valence-electron chi connectivity index (χ1n) is 9.11. The van der Waals surface area contributed by atoms with Crippen molar-refractivity contribution in [2.45, 2.75) is 77.5 Å². The van der Waals surface area contributed by atoms with Crippen molar-refractivity contribution in [3.63, 3.8) is 0 Å². The Hall–Kier alpha value is -1.49. The lowest BCUT2D eigenvalue weighted by molar-refractivity contribution is 0.00583. The van der Waals surface area contributed by atoms with Crippen molar-refractivity contribution in [2.24, 2.45) is 0 Å². The van der Waals surface area contributed by atoms with Crippen LogP contribution in [0.2, 0.25) is 0 Å². The summed E-state index contributed by atoms with van der Waals surface area (Å²) in [6, 6.07) is 4.30. The molecule has 2 rings (SSSR count). The number of carbonyl (C=O) groups excluding carboxylic acids is 1. The summed E-state index contributed by atoms with van der Waals surface area (Å²) in [5.41, 5.74) is 0.663. The number of likely N-dealkylation sites (tertiary alicyclic amines) is 1. The third-order valence-corrected chi connectivity index (χ3v) is 4.36. The molecule has 1 fully saturated rings. The van der Waals surface area contributed by atoms with Gasteiger partial charge in [0.05, 0.1) is 6.10 Å². The fraction of sp³-hybridized carbons (Fsp3) is 0.737. The first-order valence-corrected chi connectivity index (χ1v) is 9.11. The Balaban J connectivity index is 1.75. The molecule has 1 aromatic heterocycles. The molecule has 5 heteroatoms. The summed E-state index contributed by atoms with van der Waals surface area (Å²) >= 11 is 0. The van der Waals surface area contributed by atoms with Crippen LogP contribution in [0.4, 0.5) is 4.79 Å². The van der Waals surface area contributed by atoms with Gasteiger partial charge in [0.1, 0.15) is 5.60 Å². The highest BCUT2D eigenvalue weighted by atomic mass is 16.6. The van der Waals surface area contributed by atoms with Crippen LogP contribution in [0.15, 0.2) is 18.3 Å². The van der Waals surface area contributed by atoms with E-state index in [1.807, 2.05) is 44.0 Å². The van der Waals surface area contributed by atoms with Gasteiger partial charge < -0.3 is 19.4 Å². The molecule has 2 atom stereocenters. The van der Waals surface area contributed by atoms with Crippen LogP contribution in [0.3, 0.4) is 0 Å². The molecule has 1 aliphatic heterocycles. The minimum Gasteiger partial charge on any atom is -0.444 e. The van der Waals surface area contributed by atoms with Crippen molar-refractivity contribution >= 4 is 6.09 Å². The van der Waals surface area contributed by atoms with Gasteiger partial charge >= 0.3 is 6.09 Å². The minimum absolute atomic E-state index is 0.0771. The van der Waals surface area contributed by atoms with E-state index in [0.29, 0.717) is 6.61 Å². The number of aromatic nitrogens is 1. The molecule has 1 aromatic rings. The molecule has 2 heterocycles. The number of ether oxygens (including phenoxy) is 2. The molecule has 24 heavy (non-hydrogen) atoms. The zero-order valence-electron chi connectivity index (χ0n) is 15.5. The highest BCUT2D eigenvalue weighted by Crippen LogP contribution is 2.24. The molecule has 0 spiro atoms. The molecular weight excluding hydrogens is 304 g/mol. The first kappa shape index (κ1) is 18.8. The fourth-order valence-corrected chi connectivity index (χ4v) is 3.13. The van der Waals surface area contributed by atoms with Gasteiger partial charge in [-0.2, -0.15) is 0 Å². The van der Waals surface area contributed by atoms with Gasteiger partial charge in [-0.15, -0.1) is 0 Å². The number of nitrogens with zero attached hydrogens (tertiary/aromatic N) is 1. The van der Waals surface area contributed by atoms with E-state index < -0.39 is 5.60 Å². The fourth-order valence-electron chi connectivity index (χ4n) is 3.13. The van der Waals surface area contributed by atoms with Gasteiger partial charge in [-0.25, -0.2) is 4.79 Å². The number of amides is 1. The molecule has 0 bridgehead atoms. The molecule has 1 amide bonds. The maximum Gasteiger partial charge on any atom is 0.410 e. The van der Waals surface area contributed by atoms with Gasteiger partial charge in [-0.3, -0.25) is 0 Å². The Morgan fingerprint density at radius 1 is 1.42 bits per heavy atom. The maximum atomic E-state index is 12.4. The van der Waals surface area contributed by atoms with Gasteiger partial charge in [0.2, 0.25) is 0 Å². The minimum atomic E-state index is -0.437. The van der Waals surface area contributed by atoms with E-state index in [-0.39, 0.29) is 18.2 Å². The van der Waals surface area contributed by atoms with Crippen LogP contribution in [0.25, 0.3) is 0 Å². The van der Waals surface area contributed by atoms with Gasteiger partial charge in [-0.05, 0) is 71.9 Å². The Morgan fingerprint density at radius 3 is 2.88 bits per heavy atom. The Kier molecular flexibility index (Phi) is 6.72. The second kappa shape index (κ2) is 8.56. The molecule has 0 radical (unpaired) electrons. The van der Waals surface area contributed by atoms with E-state index in [9.17, 15) is 4.79 Å². The normalized spacial score (nSPS) is 20.0. The molecule has 1 saturated heterocycles. The second-order valence-electron chi connectivity index (χ2n) is 7.60. The number of nitrogens with one attached hydrogen (secondary N) is 1. The summed E-state index contributed by atoms with van der Waals surface area (Å²) in [4.78, 5) is 17.5. The molecule has 5 nitrogen and oxygen atoms in total. The van der Waals surface area contributed by atoms with Crippen molar-refractivity contribution in [1.29, 1.82) is 0 Å². The van der Waals surface area contributed by atoms with Crippen LogP contribution in [0.1, 0.15) is 71.6 Å². The van der Waals surface area contributed by atoms with Crippen LogP contribution in [-0.4, -0.2) is 40.8 Å². The number of H-pyrrole nitrogens is 1. The highest BCUT2D eigenvalue weighted by molar-refractivity contribution is 5.68. The Labute approximate surface area is 145 Å². The van der Waals surface area contributed by atoms with Crippen LogP contribution >= 0.6 is 0 Å². The lowest BCUT2D eigenvalue weighted by Gasteiger charge is -2.37. The lowest BCUT2D eigenvalue weighted by atomic mass is 9.98. The molecule has 0 aliphatic carbocycles. The van der Waals surface area contributed by atoms with E-state index in [1.165, 1.54) is 6.42 Å². The average molecular weight is 336 g/mol. The third-order valence-electron chi connectivity index (χ3n) is 4.36. The number of hydrogen-bond donors (Lipinski definition) is 1. The number of piperidine rings is 1. The second-order valence-corrected chi connectivity index (χ2v) is 7.60. The summed E-state index contributed by atoms with van der Waals surface area (Å²) < 4.78 is 11.4. The van der Waals surface area contributed by atoms with E-state index in [0.717, 1.165) is 37.9 Å². The molecule has 1 N–H and O–H groups in total. The van der Waals surface area contributed by atoms with Gasteiger partial charge in [0, 0.05) is 31.1 Å². The number of hydrogen-bond acceptors (Lipinski definition) is 3. The quantitative estimate of drug-likeness (QED) is 0.769. The monoisotopic (exact) mass is 336 g/mol. The standard InChI is InChI=1S/C19H32N2O3/c1-15(17-11-7-12-20-17)23-14-8-10-16-9-5-6-13-21(16)18(22)24-19(2,3)4/h7,11-12,15-16,20H,5-6,8-10,13-14H2,1-4H3/t15-,16+/m0/s1. The van der Waals surface area contributed by atoms with Crippen molar-refractivity contribution in [3.8, 4) is 0 Å². The number of rotatable bonds is 6. The Morgan fingerprint density at radius 2 is 2.21 bits per heavy atom. The summed E-state index contributed by atoms with van der Waals surface area (Å²) in [6.07, 6.45) is 7.05. The molecule has 1 aliphatic rings. The summed E-state index contributed by atoms with van der Waals surface area (Å²) in [5.74, 6) is 0. The summed E-state index contributed by atoms with van der Waals surface area (Å²) in [5, 5.41) is 0. The molecule has 0 unspecified atom stereocenters. The van der Waals surface area contributed by atoms with Crippen molar-refractivity contribution in [3.05, 3.63) is 24.0 Å². The van der Waals surface area contributed by atoms with Crippen LogP contribution in [0, 0.1) is 0 Å². The first-order chi connectivity index (χ1) is 11.4. The average Bonchev–Trinajstić information content (AvgIpc) is 3.04. The van der Waals surface area contributed by atoms with Crippen molar-refractivity contribution < 1.29 is 14.3 Å². The van der Waals surface area contributed by atoms with E-state index in [4.69, 9.17) is 9.47 Å². The van der Waals surface area contributed by atoms with Crippen LogP contribution in [0.5, 0.6) is 0 Å². The summed E-state index contributed by atoms with van der Waals surface area (Å²) in [7, 11) is 0. The van der Waals surface area contributed by atoms with Crippen molar-refractivity contribution in [2.75, 3.05) is 13.2 Å². The van der Waals surface area contributed by atoms with E-state index in [2.05, 4.69) is 11.9 Å². The predicted molar refractivity (Wildman–Crippen MR) is 95.0 cm³/mol. The zero-order valence-corrected chi connectivity index (χ0v) is 15.5. The highest BCUT2D eigenvalue weighted by Gasteiger charge is 2.30. The largest absolute Gasteiger partial charge is 0.444 e. The molecule has 136 valence electrons. The third kappa shape index (κ3) is 5.86. The SMILES string of the molecule is C[C@H](OCCC[C@H]1CCCCN1C(=O)OC(C)(C)C)c1ccc[nH]1. The molecule has 0 aromatic carbocycles. The lowest BCUT2D eigenvalue weighted by Crippen LogP contribution is -2.46. The maximum absolute atomic E-state index is 12.4. The topological polar surface area (TPSA) is 54.6 Å². The van der Waals surface area contributed by atoms with Crippen LogP contribution in [-0.2, 0) is 9.47 Å². The zero-order chi connectivity index (χ0) is 17.6. The number of aromatic amines is 1. The summed E-state index contributed by atoms with van der Waals surface area (Å²) in [6.45, 7) is 9.32. The Bertz CT molecular complexity index is 493. The van der Waals surface area contributed by atoms with Gasteiger partial charge in [0.15, 0.2) is 0 Å². The smallest absolute Gasteiger partial charge is 0.410 e.